The lowest BCUT2D eigenvalue weighted by Crippen LogP contribution is -2.59. The maximum absolute atomic E-state index is 13.8. The van der Waals surface area contributed by atoms with Crippen LogP contribution in [-0.2, 0) is 19.4 Å². The third-order valence-corrected chi connectivity index (χ3v) is 8.86. The molecule has 4 atom stereocenters. The van der Waals surface area contributed by atoms with Crippen molar-refractivity contribution in [2.24, 2.45) is 17.3 Å². The predicted molar refractivity (Wildman–Crippen MR) is 123 cm³/mol. The second kappa shape index (κ2) is 9.49. The van der Waals surface area contributed by atoms with Gasteiger partial charge in [0.2, 0.25) is 5.91 Å². The monoisotopic (exact) mass is 471 g/mol. The molecule has 174 valence electrons. The summed E-state index contributed by atoms with van der Waals surface area (Å²) in [6, 6.07) is 6.30. The van der Waals surface area contributed by atoms with Gasteiger partial charge in [-0.1, -0.05) is 51.4 Å². The van der Waals surface area contributed by atoms with E-state index < -0.39 is 32.5 Å². The van der Waals surface area contributed by atoms with Gasteiger partial charge < -0.3 is 10.0 Å². The summed E-state index contributed by atoms with van der Waals surface area (Å²) in [5.74, 6) is -1.69. The van der Waals surface area contributed by atoms with Crippen molar-refractivity contribution in [1.82, 2.24) is 4.90 Å². The van der Waals surface area contributed by atoms with Gasteiger partial charge in [0.25, 0.3) is 0 Å². The lowest BCUT2D eigenvalue weighted by atomic mass is 9.69. The van der Waals surface area contributed by atoms with Crippen LogP contribution in [0.1, 0.15) is 66.0 Å². The summed E-state index contributed by atoms with van der Waals surface area (Å²) in [5, 5.41) is 9.47. The molecule has 1 aromatic rings. The molecular weight excluding hydrogens is 438 g/mol. The maximum atomic E-state index is 13.8. The molecule has 0 radical (unpaired) electrons. The molecule has 1 aliphatic heterocycles. The average Bonchev–Trinajstić information content (AvgIpc) is 2.63. The summed E-state index contributed by atoms with van der Waals surface area (Å²) in [7, 11) is -3.44. The number of carbonyl (C=O) groups excluding carboxylic acids is 1. The maximum Gasteiger partial charge on any atom is 0.304 e. The van der Waals surface area contributed by atoms with Crippen LogP contribution >= 0.6 is 11.6 Å². The molecule has 1 aromatic carbocycles. The highest BCUT2D eigenvalue weighted by Crippen LogP contribution is 2.48. The Morgan fingerprint density at radius 2 is 1.77 bits per heavy atom. The largest absolute Gasteiger partial charge is 0.481 e. The van der Waals surface area contributed by atoms with Crippen molar-refractivity contribution in [2.45, 2.75) is 71.7 Å². The van der Waals surface area contributed by atoms with Crippen molar-refractivity contribution in [3.8, 4) is 0 Å². The van der Waals surface area contributed by atoms with Gasteiger partial charge in [0, 0.05) is 11.1 Å². The van der Waals surface area contributed by atoms with Crippen LogP contribution in [0.3, 0.4) is 0 Å². The first kappa shape index (κ1) is 25.7. The molecule has 8 heteroatoms. The zero-order valence-electron chi connectivity index (χ0n) is 19.1. The second-order valence-corrected chi connectivity index (χ2v) is 12.7. The predicted octanol–water partition coefficient (Wildman–Crippen LogP) is 4.58. The van der Waals surface area contributed by atoms with Crippen LogP contribution in [-0.4, -0.2) is 47.3 Å². The summed E-state index contributed by atoms with van der Waals surface area (Å²) in [6.07, 6.45) is 0.116. The molecule has 1 amide bonds. The first-order chi connectivity index (χ1) is 14.2. The minimum absolute atomic E-state index is 0.0637. The summed E-state index contributed by atoms with van der Waals surface area (Å²) in [5.41, 5.74) is -0.224. The summed E-state index contributed by atoms with van der Waals surface area (Å²) < 4.78 is 25.7. The van der Waals surface area contributed by atoms with Crippen molar-refractivity contribution in [2.75, 3.05) is 5.75 Å². The SMILES string of the molecule is CC(C)C(CS(=O)(=O)C(C)C)N1C(=O)[C@@](C)(CC(=O)O)C[C@H](C)[C@H]1c1ccc(Cl)cc1. The number of carboxylic acids is 1. The Kier molecular flexibility index (Phi) is 7.85. The zero-order valence-corrected chi connectivity index (χ0v) is 20.7. The number of rotatable bonds is 8. The molecule has 0 bridgehead atoms. The van der Waals surface area contributed by atoms with E-state index in [1.165, 1.54) is 0 Å². The van der Waals surface area contributed by atoms with Gasteiger partial charge in [0.05, 0.1) is 28.9 Å². The first-order valence-electron chi connectivity index (χ1n) is 10.7. The Balaban J connectivity index is 2.64. The third-order valence-electron chi connectivity index (χ3n) is 6.36. The molecule has 0 aliphatic carbocycles. The van der Waals surface area contributed by atoms with E-state index in [1.807, 2.05) is 32.9 Å². The minimum Gasteiger partial charge on any atom is -0.481 e. The van der Waals surface area contributed by atoms with Crippen LogP contribution in [0.4, 0.5) is 0 Å². The third kappa shape index (κ3) is 5.61. The van der Waals surface area contributed by atoms with Gasteiger partial charge in [-0.15, -0.1) is 0 Å². The van der Waals surface area contributed by atoms with E-state index in [2.05, 4.69) is 0 Å². The Labute approximate surface area is 190 Å². The van der Waals surface area contributed by atoms with E-state index in [4.69, 9.17) is 11.6 Å². The Hall–Kier alpha value is -1.60. The molecular formula is C23H34ClNO5S. The number of amides is 1. The minimum atomic E-state index is -3.44. The van der Waals surface area contributed by atoms with Crippen LogP contribution < -0.4 is 0 Å². The second-order valence-electron chi connectivity index (χ2n) is 9.71. The molecule has 1 fully saturated rings. The number of sulfone groups is 1. The Morgan fingerprint density at radius 1 is 1.23 bits per heavy atom. The van der Waals surface area contributed by atoms with Gasteiger partial charge in [-0.2, -0.15) is 0 Å². The van der Waals surface area contributed by atoms with Gasteiger partial charge in [-0.05, 0) is 49.8 Å². The van der Waals surface area contributed by atoms with E-state index >= 15 is 0 Å². The van der Waals surface area contributed by atoms with Crippen LogP contribution in [0.2, 0.25) is 5.02 Å². The number of carbonyl (C=O) groups is 2. The quantitative estimate of drug-likeness (QED) is 0.599. The van der Waals surface area contributed by atoms with E-state index in [9.17, 15) is 23.1 Å². The number of benzene rings is 1. The molecule has 1 N–H and O–H groups in total. The lowest BCUT2D eigenvalue weighted by Gasteiger charge is -2.52. The number of piperidine rings is 1. The van der Waals surface area contributed by atoms with Gasteiger partial charge in [0.1, 0.15) is 0 Å². The number of aliphatic carboxylic acids is 1. The highest BCUT2D eigenvalue weighted by atomic mass is 35.5. The van der Waals surface area contributed by atoms with Crippen LogP contribution in [0.5, 0.6) is 0 Å². The zero-order chi connectivity index (χ0) is 23.7. The molecule has 6 nitrogen and oxygen atoms in total. The summed E-state index contributed by atoms with van der Waals surface area (Å²) >= 11 is 6.06. The van der Waals surface area contributed by atoms with Gasteiger partial charge in [-0.3, -0.25) is 9.59 Å². The van der Waals surface area contributed by atoms with Gasteiger partial charge in [0.15, 0.2) is 9.84 Å². The number of carboxylic acid groups (broad SMARTS) is 1. The molecule has 31 heavy (non-hydrogen) atoms. The van der Waals surface area contributed by atoms with Crippen molar-refractivity contribution < 1.29 is 23.1 Å². The number of hydrogen-bond donors (Lipinski definition) is 1. The Bertz CT molecular complexity index is 912. The van der Waals surface area contributed by atoms with E-state index in [-0.39, 0.29) is 36.0 Å². The van der Waals surface area contributed by atoms with Crippen molar-refractivity contribution in [1.29, 1.82) is 0 Å². The molecule has 0 saturated carbocycles. The van der Waals surface area contributed by atoms with Gasteiger partial charge in [-0.25, -0.2) is 8.42 Å². The van der Waals surface area contributed by atoms with Crippen LogP contribution in [0.25, 0.3) is 0 Å². The molecule has 0 spiro atoms. The number of halogens is 1. The normalized spacial score (nSPS) is 25.8. The Morgan fingerprint density at radius 3 is 2.23 bits per heavy atom. The average molecular weight is 472 g/mol. The van der Waals surface area contributed by atoms with Crippen molar-refractivity contribution in [3.05, 3.63) is 34.9 Å². The lowest BCUT2D eigenvalue weighted by molar-refractivity contribution is -0.163. The number of nitrogens with zero attached hydrogens (tertiary/aromatic N) is 1. The summed E-state index contributed by atoms with van der Waals surface area (Å²) in [6.45, 7) is 10.8. The van der Waals surface area contributed by atoms with Crippen LogP contribution in [0, 0.1) is 17.3 Å². The first-order valence-corrected chi connectivity index (χ1v) is 12.8. The van der Waals surface area contributed by atoms with Gasteiger partial charge >= 0.3 is 5.97 Å². The molecule has 1 aliphatic rings. The van der Waals surface area contributed by atoms with Crippen molar-refractivity contribution in [3.63, 3.8) is 0 Å². The molecule has 0 aromatic heterocycles. The summed E-state index contributed by atoms with van der Waals surface area (Å²) in [4.78, 5) is 27.1. The number of hydrogen-bond acceptors (Lipinski definition) is 4. The molecule has 2 rings (SSSR count). The molecule has 1 unspecified atom stereocenters. The standard InChI is InChI=1S/C23H34ClNO5S/c1-14(2)19(13-31(29,30)15(3)4)25-21(17-7-9-18(24)10-8-17)16(5)11-23(6,22(25)28)12-20(26)27/h7-10,14-16,19,21H,11-13H2,1-6H3,(H,26,27)/t16-,19?,21-,23+/m0/s1. The van der Waals surface area contributed by atoms with E-state index in [1.54, 1.807) is 37.8 Å². The van der Waals surface area contributed by atoms with E-state index in [0.717, 1.165) is 5.56 Å². The van der Waals surface area contributed by atoms with Crippen LogP contribution in [0.15, 0.2) is 24.3 Å². The van der Waals surface area contributed by atoms with E-state index in [0.29, 0.717) is 11.4 Å². The highest BCUT2D eigenvalue weighted by molar-refractivity contribution is 7.92. The fraction of sp³-hybridized carbons (Fsp3) is 0.652. The molecule has 1 heterocycles. The topological polar surface area (TPSA) is 91.8 Å². The molecule has 1 saturated heterocycles. The smallest absolute Gasteiger partial charge is 0.304 e. The fourth-order valence-electron chi connectivity index (χ4n) is 4.63. The number of likely N-dealkylation sites (tertiary alicyclic amines) is 1. The van der Waals surface area contributed by atoms with Crippen molar-refractivity contribution >= 4 is 33.3 Å². The fourth-order valence-corrected chi connectivity index (χ4v) is 6.17. The highest BCUT2D eigenvalue weighted by Gasteiger charge is 2.51.